The lowest BCUT2D eigenvalue weighted by Crippen LogP contribution is -2.26. The minimum absolute atomic E-state index is 0.363. The van der Waals surface area contributed by atoms with Crippen LogP contribution in [0.5, 0.6) is 11.5 Å². The van der Waals surface area contributed by atoms with Gasteiger partial charge in [0.25, 0.3) is 0 Å². The lowest BCUT2D eigenvalue weighted by molar-refractivity contribution is 0.171. The minimum atomic E-state index is 0.363. The summed E-state index contributed by atoms with van der Waals surface area (Å²) in [7, 11) is 0. The second kappa shape index (κ2) is 4.57. The molecule has 92 valence electrons. The monoisotopic (exact) mass is 233 g/mol. The van der Waals surface area contributed by atoms with E-state index in [4.69, 9.17) is 15.2 Å². The topological polar surface area (TPSA) is 44.5 Å². The summed E-state index contributed by atoms with van der Waals surface area (Å²) < 4.78 is 11.2. The molecule has 0 saturated heterocycles. The highest BCUT2D eigenvalue weighted by Gasteiger charge is 2.22. The van der Waals surface area contributed by atoms with Gasteiger partial charge in [0.1, 0.15) is 13.2 Å². The Hall–Kier alpha value is -1.22. The van der Waals surface area contributed by atoms with Crippen molar-refractivity contribution in [3.05, 3.63) is 23.8 Å². The maximum Gasteiger partial charge on any atom is 0.161 e. The summed E-state index contributed by atoms with van der Waals surface area (Å²) in [6.07, 6.45) is 4.74. The molecule has 17 heavy (non-hydrogen) atoms. The number of fused-ring (bicyclic) bond motifs is 1. The van der Waals surface area contributed by atoms with E-state index in [1.807, 2.05) is 6.07 Å². The third kappa shape index (κ3) is 2.25. The zero-order valence-electron chi connectivity index (χ0n) is 10.0. The van der Waals surface area contributed by atoms with E-state index in [9.17, 15) is 0 Å². The molecule has 3 rings (SSSR count). The van der Waals surface area contributed by atoms with E-state index < -0.39 is 0 Å². The summed E-state index contributed by atoms with van der Waals surface area (Å²) in [6.45, 7) is 1.31. The van der Waals surface area contributed by atoms with Crippen LogP contribution < -0.4 is 15.2 Å². The molecule has 1 aromatic carbocycles. The summed E-state index contributed by atoms with van der Waals surface area (Å²) in [4.78, 5) is 0. The van der Waals surface area contributed by atoms with Crippen LogP contribution in [0, 0.1) is 0 Å². The summed E-state index contributed by atoms with van der Waals surface area (Å²) in [6, 6.07) is 6.69. The Morgan fingerprint density at radius 3 is 2.71 bits per heavy atom. The number of benzene rings is 1. The van der Waals surface area contributed by atoms with Gasteiger partial charge in [0, 0.05) is 6.04 Å². The predicted molar refractivity (Wildman–Crippen MR) is 66.6 cm³/mol. The van der Waals surface area contributed by atoms with Gasteiger partial charge in [-0.25, -0.2) is 0 Å². The Morgan fingerprint density at radius 2 is 1.88 bits per heavy atom. The van der Waals surface area contributed by atoms with E-state index in [0.29, 0.717) is 25.2 Å². The van der Waals surface area contributed by atoms with Crippen LogP contribution in [-0.4, -0.2) is 19.3 Å². The van der Waals surface area contributed by atoms with Crippen LogP contribution in [0.3, 0.4) is 0 Å². The number of ether oxygens (including phenoxy) is 2. The first-order valence-electron chi connectivity index (χ1n) is 6.48. The van der Waals surface area contributed by atoms with Crippen molar-refractivity contribution >= 4 is 0 Å². The molecule has 0 aromatic heterocycles. The molecule has 1 heterocycles. The van der Waals surface area contributed by atoms with Gasteiger partial charge < -0.3 is 15.2 Å². The highest BCUT2D eigenvalue weighted by Crippen LogP contribution is 2.37. The van der Waals surface area contributed by atoms with Crippen molar-refractivity contribution in [1.29, 1.82) is 0 Å². The Balaban J connectivity index is 1.83. The van der Waals surface area contributed by atoms with Gasteiger partial charge >= 0.3 is 0 Å². The predicted octanol–water partition coefficient (Wildman–Crippen LogP) is 2.44. The van der Waals surface area contributed by atoms with Crippen LogP contribution in [0.2, 0.25) is 0 Å². The van der Waals surface area contributed by atoms with Gasteiger partial charge in [0.2, 0.25) is 0 Å². The molecule has 0 spiro atoms. The van der Waals surface area contributed by atoms with Crippen LogP contribution in [0.15, 0.2) is 18.2 Å². The van der Waals surface area contributed by atoms with E-state index in [1.54, 1.807) is 0 Å². The third-order valence-electron chi connectivity index (χ3n) is 3.75. The first-order chi connectivity index (χ1) is 8.33. The molecular weight excluding hydrogens is 214 g/mol. The van der Waals surface area contributed by atoms with Crippen LogP contribution >= 0.6 is 0 Å². The molecule has 1 saturated carbocycles. The standard InChI is InChI=1S/C14H19NO2/c15-12-3-1-2-10(8-12)11-4-5-13-14(9-11)17-7-6-16-13/h4-5,9-10,12H,1-3,6-8,15H2. The molecule has 0 amide bonds. The molecule has 2 atom stereocenters. The van der Waals surface area contributed by atoms with Crippen molar-refractivity contribution in [1.82, 2.24) is 0 Å². The zero-order chi connectivity index (χ0) is 11.7. The Kier molecular flexibility index (Phi) is 2.93. The number of rotatable bonds is 1. The van der Waals surface area contributed by atoms with Gasteiger partial charge in [-0.2, -0.15) is 0 Å². The number of nitrogens with two attached hydrogens (primary N) is 1. The van der Waals surface area contributed by atoms with Crippen LogP contribution in [0.1, 0.15) is 37.2 Å². The molecule has 0 bridgehead atoms. The van der Waals surface area contributed by atoms with Crippen molar-refractivity contribution in [2.45, 2.75) is 37.6 Å². The zero-order valence-corrected chi connectivity index (χ0v) is 10.0. The van der Waals surface area contributed by atoms with Gasteiger partial charge in [-0.1, -0.05) is 12.5 Å². The molecule has 1 fully saturated rings. The first kappa shape index (κ1) is 10.9. The Morgan fingerprint density at radius 1 is 1.06 bits per heavy atom. The van der Waals surface area contributed by atoms with Crippen molar-refractivity contribution < 1.29 is 9.47 Å². The van der Waals surface area contributed by atoms with E-state index in [2.05, 4.69) is 12.1 Å². The molecule has 2 aliphatic rings. The van der Waals surface area contributed by atoms with Crippen LogP contribution in [0.4, 0.5) is 0 Å². The largest absolute Gasteiger partial charge is 0.486 e. The van der Waals surface area contributed by atoms with Crippen LogP contribution in [-0.2, 0) is 0 Å². The summed E-state index contributed by atoms with van der Waals surface area (Å²) >= 11 is 0. The van der Waals surface area contributed by atoms with Gasteiger partial charge in [-0.15, -0.1) is 0 Å². The molecule has 0 radical (unpaired) electrons. The average molecular weight is 233 g/mol. The van der Waals surface area contributed by atoms with Crippen LogP contribution in [0.25, 0.3) is 0 Å². The quantitative estimate of drug-likeness (QED) is 0.810. The average Bonchev–Trinajstić information content (AvgIpc) is 2.38. The second-order valence-electron chi connectivity index (χ2n) is 5.03. The van der Waals surface area contributed by atoms with Gasteiger partial charge in [0.05, 0.1) is 0 Å². The van der Waals surface area contributed by atoms with E-state index in [-0.39, 0.29) is 0 Å². The summed E-state index contributed by atoms with van der Waals surface area (Å²) in [5, 5.41) is 0. The Bertz CT molecular complexity index is 405. The van der Waals surface area contributed by atoms with Gasteiger partial charge in [-0.05, 0) is 42.9 Å². The molecular formula is C14H19NO2. The fourth-order valence-electron chi connectivity index (χ4n) is 2.84. The molecule has 3 heteroatoms. The lowest BCUT2D eigenvalue weighted by atomic mass is 9.81. The SMILES string of the molecule is NC1CCCC(c2ccc3c(c2)OCCO3)C1. The van der Waals surface area contributed by atoms with E-state index in [0.717, 1.165) is 17.9 Å². The van der Waals surface area contributed by atoms with Crippen molar-refractivity contribution in [2.75, 3.05) is 13.2 Å². The van der Waals surface area contributed by atoms with Crippen molar-refractivity contribution in [2.24, 2.45) is 5.73 Å². The number of hydrogen-bond donors (Lipinski definition) is 1. The Labute approximate surface area is 102 Å². The smallest absolute Gasteiger partial charge is 0.161 e. The van der Waals surface area contributed by atoms with Crippen molar-refractivity contribution in [3.8, 4) is 11.5 Å². The lowest BCUT2D eigenvalue weighted by Gasteiger charge is -2.28. The van der Waals surface area contributed by atoms with Gasteiger partial charge in [-0.3, -0.25) is 0 Å². The van der Waals surface area contributed by atoms with E-state index in [1.165, 1.54) is 24.8 Å². The molecule has 1 aliphatic carbocycles. The second-order valence-corrected chi connectivity index (χ2v) is 5.03. The minimum Gasteiger partial charge on any atom is -0.486 e. The number of hydrogen-bond acceptors (Lipinski definition) is 3. The maximum absolute atomic E-state index is 6.04. The van der Waals surface area contributed by atoms with Gasteiger partial charge in [0.15, 0.2) is 11.5 Å². The molecule has 1 aromatic rings. The molecule has 3 nitrogen and oxygen atoms in total. The molecule has 2 N–H and O–H groups in total. The normalized spacial score (nSPS) is 27.8. The maximum atomic E-state index is 6.04. The van der Waals surface area contributed by atoms with E-state index >= 15 is 0 Å². The van der Waals surface area contributed by atoms with Crippen molar-refractivity contribution in [3.63, 3.8) is 0 Å². The molecule has 1 aliphatic heterocycles. The summed E-state index contributed by atoms with van der Waals surface area (Å²) in [5.41, 5.74) is 7.40. The highest BCUT2D eigenvalue weighted by atomic mass is 16.6. The fourth-order valence-corrected chi connectivity index (χ4v) is 2.84. The molecule has 2 unspecified atom stereocenters. The highest BCUT2D eigenvalue weighted by molar-refractivity contribution is 5.44. The third-order valence-corrected chi connectivity index (χ3v) is 3.75. The fraction of sp³-hybridized carbons (Fsp3) is 0.571. The summed E-state index contributed by atoms with van der Waals surface area (Å²) in [5.74, 6) is 2.36. The first-order valence-corrected chi connectivity index (χ1v) is 6.48.